The lowest BCUT2D eigenvalue weighted by molar-refractivity contribution is -0.129. The summed E-state index contributed by atoms with van der Waals surface area (Å²) in [5, 5.41) is 10.9. The normalized spacial score (nSPS) is 17.7. The molecule has 13 nitrogen and oxygen atoms in total. The van der Waals surface area contributed by atoms with E-state index in [1.54, 1.807) is 31.2 Å². The molecule has 13 heteroatoms. The average molecular weight is 529 g/mol. The van der Waals surface area contributed by atoms with Crippen LogP contribution in [0.2, 0.25) is 0 Å². The van der Waals surface area contributed by atoms with Gasteiger partial charge in [-0.15, -0.1) is 0 Å². The van der Waals surface area contributed by atoms with Gasteiger partial charge in [-0.25, -0.2) is 0 Å². The van der Waals surface area contributed by atoms with Crippen molar-refractivity contribution in [3.63, 3.8) is 0 Å². The fraction of sp³-hybridized carbons (Fsp3) is 0.320. The summed E-state index contributed by atoms with van der Waals surface area (Å²) in [7, 11) is 3.95. The Hall–Kier alpha value is -4.49. The smallest absolute Gasteiger partial charge is 0.294 e. The number of benzene rings is 1. The number of rotatable bonds is 13. The van der Waals surface area contributed by atoms with Gasteiger partial charge >= 0.3 is 0 Å². The van der Waals surface area contributed by atoms with Crippen LogP contribution >= 0.6 is 0 Å². The standard InChI is InChI=1S/C25H28N4O9/c1-25(14-37-25)21(30)16(10-15-8-6-5-7-9-15)26-22(31)17(12-34-2)27-23(32)18(13-35-3)28-24(33)19-11-20(36-4)29-38-19/h5-11,13,17H,12,14H2,1-4H3,(H,26,31)(H,27,32)(H,28,33)/b16-10+,18-13+/t17-,25+/m0/s1. The lowest BCUT2D eigenvalue weighted by atomic mass is 10.0. The zero-order valence-corrected chi connectivity index (χ0v) is 21.2. The maximum absolute atomic E-state index is 13.2. The zero-order valence-electron chi connectivity index (χ0n) is 21.2. The number of ether oxygens (including phenoxy) is 4. The van der Waals surface area contributed by atoms with Gasteiger partial charge in [0.2, 0.25) is 17.5 Å². The highest BCUT2D eigenvalue weighted by molar-refractivity contribution is 6.09. The Kier molecular flexibility index (Phi) is 9.35. The molecular formula is C25H28N4O9. The SMILES string of the molecule is CO/C=C(/NC(=O)c1cc(OC)no1)C(=O)N[C@@H](COC)C(=O)N/C(=C/c1ccccc1)C(=O)[C@@]1(C)CO1. The number of epoxide rings is 1. The molecule has 38 heavy (non-hydrogen) atoms. The number of hydrogen-bond donors (Lipinski definition) is 3. The molecule has 3 rings (SSSR count). The number of hydrogen-bond acceptors (Lipinski definition) is 10. The summed E-state index contributed by atoms with van der Waals surface area (Å²) in [4.78, 5) is 51.6. The summed E-state index contributed by atoms with van der Waals surface area (Å²) < 4.78 is 25.0. The topological polar surface area (TPSA) is 171 Å². The van der Waals surface area contributed by atoms with E-state index in [1.807, 2.05) is 6.07 Å². The molecule has 0 radical (unpaired) electrons. The van der Waals surface area contributed by atoms with Gasteiger partial charge in [0, 0.05) is 7.11 Å². The molecular weight excluding hydrogens is 500 g/mol. The summed E-state index contributed by atoms with van der Waals surface area (Å²) in [5.74, 6) is -3.01. The van der Waals surface area contributed by atoms with Gasteiger partial charge in [-0.2, -0.15) is 0 Å². The molecule has 1 aromatic carbocycles. The number of methoxy groups -OCH3 is 3. The van der Waals surface area contributed by atoms with E-state index in [2.05, 4.69) is 21.1 Å². The molecule has 1 aromatic heterocycles. The van der Waals surface area contributed by atoms with Crippen LogP contribution < -0.4 is 20.7 Å². The van der Waals surface area contributed by atoms with Crippen LogP contribution in [-0.4, -0.2) is 74.8 Å². The van der Waals surface area contributed by atoms with Gasteiger partial charge in [0.15, 0.2) is 5.60 Å². The number of aromatic nitrogens is 1. The van der Waals surface area contributed by atoms with E-state index >= 15 is 0 Å². The Morgan fingerprint density at radius 2 is 1.82 bits per heavy atom. The minimum Gasteiger partial charge on any atom is -0.502 e. The van der Waals surface area contributed by atoms with E-state index < -0.39 is 35.1 Å². The first kappa shape index (κ1) is 28.1. The number of nitrogens with zero attached hydrogens (tertiary/aromatic N) is 1. The highest BCUT2D eigenvalue weighted by Gasteiger charge is 2.48. The minimum atomic E-state index is -1.25. The lowest BCUT2D eigenvalue weighted by Crippen LogP contribution is -2.51. The van der Waals surface area contributed by atoms with Crippen LogP contribution in [-0.2, 0) is 28.6 Å². The third kappa shape index (κ3) is 7.27. The Morgan fingerprint density at radius 1 is 1.11 bits per heavy atom. The Morgan fingerprint density at radius 3 is 2.39 bits per heavy atom. The first-order chi connectivity index (χ1) is 18.2. The van der Waals surface area contributed by atoms with Gasteiger partial charge in [-0.3, -0.25) is 19.2 Å². The average Bonchev–Trinajstić information content (AvgIpc) is 3.47. The van der Waals surface area contributed by atoms with Crippen molar-refractivity contribution < 1.29 is 42.6 Å². The minimum absolute atomic E-state index is 0.0169. The highest BCUT2D eigenvalue weighted by Crippen LogP contribution is 2.30. The number of nitrogens with one attached hydrogen (secondary N) is 3. The van der Waals surface area contributed by atoms with Crippen molar-refractivity contribution in [2.45, 2.75) is 18.6 Å². The molecule has 0 unspecified atom stereocenters. The van der Waals surface area contributed by atoms with Gasteiger partial charge in [0.05, 0.1) is 39.2 Å². The Bertz CT molecular complexity index is 1230. The van der Waals surface area contributed by atoms with E-state index in [-0.39, 0.29) is 36.2 Å². The van der Waals surface area contributed by atoms with E-state index in [9.17, 15) is 19.2 Å². The van der Waals surface area contributed by atoms with Crippen molar-refractivity contribution in [1.82, 2.24) is 21.1 Å². The molecule has 2 heterocycles. The highest BCUT2D eigenvalue weighted by atomic mass is 16.6. The van der Waals surface area contributed by atoms with Gasteiger partial charge in [0.25, 0.3) is 17.7 Å². The fourth-order valence-corrected chi connectivity index (χ4v) is 3.11. The molecule has 202 valence electrons. The van der Waals surface area contributed by atoms with E-state index in [1.165, 1.54) is 33.5 Å². The van der Waals surface area contributed by atoms with Crippen molar-refractivity contribution in [2.24, 2.45) is 0 Å². The maximum atomic E-state index is 13.2. The van der Waals surface area contributed by atoms with E-state index in [0.29, 0.717) is 5.56 Å². The zero-order chi connectivity index (χ0) is 27.7. The molecule has 0 bridgehead atoms. The van der Waals surface area contributed by atoms with Crippen molar-refractivity contribution >= 4 is 29.6 Å². The monoisotopic (exact) mass is 528 g/mol. The van der Waals surface area contributed by atoms with Crippen LogP contribution in [0.15, 0.2) is 58.6 Å². The summed E-state index contributed by atoms with van der Waals surface area (Å²) in [6.45, 7) is 1.59. The fourth-order valence-electron chi connectivity index (χ4n) is 3.11. The van der Waals surface area contributed by atoms with Gasteiger partial charge < -0.3 is 39.4 Å². The molecule has 2 atom stereocenters. The number of amides is 3. The van der Waals surface area contributed by atoms with Gasteiger partial charge in [-0.1, -0.05) is 30.3 Å². The maximum Gasteiger partial charge on any atom is 0.294 e. The molecule has 0 spiro atoms. The second kappa shape index (κ2) is 12.7. The van der Waals surface area contributed by atoms with Crippen LogP contribution in [0.1, 0.15) is 23.0 Å². The second-order valence-corrected chi connectivity index (χ2v) is 8.24. The third-order valence-electron chi connectivity index (χ3n) is 5.28. The van der Waals surface area contributed by atoms with Crippen molar-refractivity contribution in [2.75, 3.05) is 34.5 Å². The number of Topliss-reactive ketones (excluding diaryl/α,β-unsaturated/α-hetero) is 1. The van der Waals surface area contributed by atoms with Crippen molar-refractivity contribution in [3.8, 4) is 5.88 Å². The molecule has 3 amide bonds. The van der Waals surface area contributed by atoms with Crippen LogP contribution in [0.25, 0.3) is 6.08 Å². The lowest BCUT2D eigenvalue weighted by Gasteiger charge is -2.20. The molecule has 1 aliphatic heterocycles. The Balaban J connectivity index is 1.76. The van der Waals surface area contributed by atoms with Crippen LogP contribution in [0, 0.1) is 0 Å². The predicted octanol–water partition coefficient (Wildman–Crippen LogP) is 0.547. The molecule has 1 aliphatic rings. The number of carbonyl (C=O) groups is 4. The summed E-state index contributed by atoms with van der Waals surface area (Å²) in [5.41, 5.74) is -0.728. The van der Waals surface area contributed by atoms with Crippen molar-refractivity contribution in [1.29, 1.82) is 0 Å². The van der Waals surface area contributed by atoms with Crippen LogP contribution in [0.3, 0.4) is 0 Å². The van der Waals surface area contributed by atoms with Gasteiger partial charge in [-0.05, 0) is 23.7 Å². The molecule has 0 aliphatic carbocycles. The second-order valence-electron chi connectivity index (χ2n) is 8.24. The van der Waals surface area contributed by atoms with Crippen molar-refractivity contribution in [3.05, 3.63) is 65.4 Å². The number of carbonyl (C=O) groups excluding carboxylic acids is 4. The third-order valence-corrected chi connectivity index (χ3v) is 5.28. The molecule has 3 N–H and O–H groups in total. The summed E-state index contributed by atoms with van der Waals surface area (Å²) in [6.07, 6.45) is 2.49. The molecule has 0 saturated carbocycles. The predicted molar refractivity (Wildman–Crippen MR) is 131 cm³/mol. The van der Waals surface area contributed by atoms with Crippen LogP contribution in [0.5, 0.6) is 5.88 Å². The molecule has 1 fully saturated rings. The van der Waals surface area contributed by atoms with E-state index in [4.69, 9.17) is 23.5 Å². The molecule has 2 aromatic rings. The van der Waals surface area contributed by atoms with Crippen LogP contribution in [0.4, 0.5) is 0 Å². The molecule has 1 saturated heterocycles. The largest absolute Gasteiger partial charge is 0.502 e. The van der Waals surface area contributed by atoms with E-state index in [0.717, 1.165) is 6.26 Å². The Labute approximate surface area is 218 Å². The van der Waals surface area contributed by atoms with Gasteiger partial charge in [0.1, 0.15) is 18.0 Å². The first-order valence-electron chi connectivity index (χ1n) is 11.3. The quantitative estimate of drug-likeness (QED) is 0.189. The number of ketones is 1. The summed E-state index contributed by atoms with van der Waals surface area (Å²) in [6, 6.07) is 8.88. The first-order valence-corrected chi connectivity index (χ1v) is 11.3. The summed E-state index contributed by atoms with van der Waals surface area (Å²) >= 11 is 0.